The largest absolute Gasteiger partial charge is 0.0819 e. The second-order valence-corrected chi connectivity index (χ2v) is 4.87. The molecule has 1 atom stereocenters. The van der Waals surface area contributed by atoms with Crippen molar-refractivity contribution in [1.82, 2.24) is 0 Å². The van der Waals surface area contributed by atoms with E-state index in [0.29, 0.717) is 0 Å². The highest BCUT2D eigenvalue weighted by molar-refractivity contribution is 5.23. The number of allylic oxidation sites excluding steroid dienone is 4. The topological polar surface area (TPSA) is 0 Å². The summed E-state index contributed by atoms with van der Waals surface area (Å²) in [7, 11) is 0. The smallest absolute Gasteiger partial charge is 0.0229 e. The summed E-state index contributed by atoms with van der Waals surface area (Å²) in [4.78, 5) is 0. The molecule has 0 heteroatoms. The molecule has 0 nitrogen and oxygen atoms in total. The second-order valence-electron chi connectivity index (χ2n) is 4.87. The fourth-order valence-electron chi connectivity index (χ4n) is 2.13. The van der Waals surface area contributed by atoms with Gasteiger partial charge in [-0.15, -0.1) is 0 Å². The van der Waals surface area contributed by atoms with E-state index in [4.69, 9.17) is 0 Å². The van der Waals surface area contributed by atoms with Gasteiger partial charge in [0.2, 0.25) is 0 Å². The average molecular weight is 222 g/mol. The first-order valence-electron chi connectivity index (χ1n) is 7.02. The minimum absolute atomic E-state index is 0.761. The molecule has 0 bridgehead atoms. The van der Waals surface area contributed by atoms with Gasteiger partial charge in [-0.3, -0.25) is 0 Å². The predicted molar refractivity (Wildman–Crippen MR) is 75.7 cm³/mol. The monoisotopic (exact) mass is 222 g/mol. The summed E-state index contributed by atoms with van der Waals surface area (Å²) < 4.78 is 0. The van der Waals surface area contributed by atoms with E-state index in [0.717, 1.165) is 12.3 Å². The molecule has 0 aromatic carbocycles. The van der Waals surface area contributed by atoms with Gasteiger partial charge in [0.1, 0.15) is 0 Å². The molecule has 16 heavy (non-hydrogen) atoms. The lowest BCUT2D eigenvalue weighted by molar-refractivity contribution is 0.568. The van der Waals surface area contributed by atoms with Crippen LogP contribution in [-0.4, -0.2) is 0 Å². The first-order chi connectivity index (χ1) is 7.65. The van der Waals surface area contributed by atoms with Crippen LogP contribution in [0.5, 0.6) is 0 Å². The van der Waals surface area contributed by atoms with E-state index >= 15 is 0 Å². The molecular weight excluding hydrogens is 192 g/mol. The van der Waals surface area contributed by atoms with Crippen molar-refractivity contribution >= 4 is 0 Å². The average Bonchev–Trinajstić information content (AvgIpc) is 2.24. The molecule has 0 aromatic heterocycles. The molecule has 0 N–H and O–H groups in total. The van der Waals surface area contributed by atoms with Gasteiger partial charge in [0, 0.05) is 0 Å². The van der Waals surface area contributed by atoms with Gasteiger partial charge in [0.05, 0.1) is 0 Å². The van der Waals surface area contributed by atoms with Crippen LogP contribution in [0.2, 0.25) is 0 Å². The molecule has 0 fully saturated rings. The third-order valence-electron chi connectivity index (χ3n) is 3.11. The second kappa shape index (κ2) is 9.69. The Balaban J connectivity index is 4.57. The predicted octanol–water partition coefficient (Wildman–Crippen LogP) is 5.90. The zero-order valence-electron chi connectivity index (χ0n) is 12.0. The standard InChI is InChI=1S/C16H30/c1-6-9-12-16(15(5)11-8-3)13-14(4)10-7-2/h10,13,15H,6-9,11-12H2,1-5H3. The minimum atomic E-state index is 0.761. The molecule has 0 radical (unpaired) electrons. The molecule has 0 rings (SSSR count). The highest BCUT2D eigenvalue weighted by Gasteiger charge is 2.07. The maximum atomic E-state index is 2.43. The van der Waals surface area contributed by atoms with Crippen LogP contribution in [-0.2, 0) is 0 Å². The van der Waals surface area contributed by atoms with Crippen LogP contribution in [0.1, 0.15) is 73.1 Å². The van der Waals surface area contributed by atoms with Crippen molar-refractivity contribution in [2.45, 2.75) is 73.1 Å². The molecule has 0 saturated heterocycles. The lowest BCUT2D eigenvalue weighted by Gasteiger charge is -2.15. The van der Waals surface area contributed by atoms with E-state index in [1.54, 1.807) is 5.57 Å². The van der Waals surface area contributed by atoms with Crippen molar-refractivity contribution in [1.29, 1.82) is 0 Å². The first-order valence-corrected chi connectivity index (χ1v) is 7.02. The van der Waals surface area contributed by atoms with Crippen LogP contribution < -0.4 is 0 Å². The third-order valence-corrected chi connectivity index (χ3v) is 3.11. The number of hydrogen-bond donors (Lipinski definition) is 0. The summed E-state index contributed by atoms with van der Waals surface area (Å²) in [5.41, 5.74) is 3.10. The van der Waals surface area contributed by atoms with Gasteiger partial charge < -0.3 is 0 Å². The molecule has 0 spiro atoms. The molecule has 0 aromatic rings. The Morgan fingerprint density at radius 3 is 2.31 bits per heavy atom. The van der Waals surface area contributed by atoms with Gasteiger partial charge in [-0.25, -0.2) is 0 Å². The van der Waals surface area contributed by atoms with Gasteiger partial charge in [0.25, 0.3) is 0 Å². The lowest BCUT2D eigenvalue weighted by Crippen LogP contribution is -2.00. The van der Waals surface area contributed by atoms with Crippen molar-refractivity contribution in [3.8, 4) is 0 Å². The van der Waals surface area contributed by atoms with E-state index in [-0.39, 0.29) is 0 Å². The first kappa shape index (κ1) is 15.5. The number of hydrogen-bond acceptors (Lipinski definition) is 0. The Labute approximate surface area is 103 Å². The van der Waals surface area contributed by atoms with Gasteiger partial charge in [-0.05, 0) is 38.5 Å². The molecular formula is C16H30. The Morgan fingerprint density at radius 1 is 1.12 bits per heavy atom. The van der Waals surface area contributed by atoms with Crippen LogP contribution in [0, 0.1) is 5.92 Å². The van der Waals surface area contributed by atoms with Gasteiger partial charge in [0.15, 0.2) is 0 Å². The molecule has 0 saturated carbocycles. The number of unbranched alkanes of at least 4 members (excludes halogenated alkanes) is 1. The number of rotatable bonds is 8. The van der Waals surface area contributed by atoms with E-state index < -0.39 is 0 Å². The Kier molecular flexibility index (Phi) is 9.37. The van der Waals surface area contributed by atoms with Crippen LogP contribution in [0.3, 0.4) is 0 Å². The lowest BCUT2D eigenvalue weighted by atomic mass is 9.91. The molecule has 1 unspecified atom stereocenters. The molecule has 0 amide bonds. The maximum absolute atomic E-state index is 2.43. The van der Waals surface area contributed by atoms with Gasteiger partial charge >= 0.3 is 0 Å². The van der Waals surface area contributed by atoms with Crippen molar-refractivity contribution in [3.05, 3.63) is 23.3 Å². The Hall–Kier alpha value is -0.520. The van der Waals surface area contributed by atoms with E-state index in [9.17, 15) is 0 Å². The Bertz CT molecular complexity index is 220. The van der Waals surface area contributed by atoms with E-state index in [2.05, 4.69) is 46.8 Å². The summed E-state index contributed by atoms with van der Waals surface area (Å²) in [5, 5.41) is 0. The van der Waals surface area contributed by atoms with E-state index in [1.165, 1.54) is 37.7 Å². The maximum Gasteiger partial charge on any atom is -0.0229 e. The summed E-state index contributed by atoms with van der Waals surface area (Å²) >= 11 is 0. The quantitative estimate of drug-likeness (QED) is 0.449. The van der Waals surface area contributed by atoms with Crippen LogP contribution in [0.4, 0.5) is 0 Å². The minimum Gasteiger partial charge on any atom is -0.0819 e. The van der Waals surface area contributed by atoms with Crippen LogP contribution in [0.25, 0.3) is 0 Å². The normalized spacial score (nSPS) is 15.3. The van der Waals surface area contributed by atoms with Crippen molar-refractivity contribution in [3.63, 3.8) is 0 Å². The summed E-state index contributed by atoms with van der Waals surface area (Å²) in [5.74, 6) is 0.761. The highest BCUT2D eigenvalue weighted by Crippen LogP contribution is 2.23. The van der Waals surface area contributed by atoms with Crippen molar-refractivity contribution in [2.75, 3.05) is 0 Å². The zero-order chi connectivity index (χ0) is 12.4. The molecule has 0 aliphatic rings. The molecule has 0 aliphatic carbocycles. The van der Waals surface area contributed by atoms with Crippen LogP contribution >= 0.6 is 0 Å². The molecule has 94 valence electrons. The third kappa shape index (κ3) is 6.87. The van der Waals surface area contributed by atoms with Gasteiger partial charge in [-0.1, -0.05) is 63.8 Å². The highest BCUT2D eigenvalue weighted by atomic mass is 14.1. The van der Waals surface area contributed by atoms with Crippen LogP contribution in [0.15, 0.2) is 23.3 Å². The fourth-order valence-corrected chi connectivity index (χ4v) is 2.13. The summed E-state index contributed by atoms with van der Waals surface area (Å²) in [6, 6.07) is 0. The zero-order valence-corrected chi connectivity index (χ0v) is 12.0. The van der Waals surface area contributed by atoms with Gasteiger partial charge in [-0.2, -0.15) is 0 Å². The summed E-state index contributed by atoms with van der Waals surface area (Å²) in [6.07, 6.45) is 12.4. The fraction of sp³-hybridized carbons (Fsp3) is 0.750. The van der Waals surface area contributed by atoms with Crippen molar-refractivity contribution < 1.29 is 0 Å². The SMILES string of the molecule is CCC=C(C)C=C(CCCC)C(C)CCC. The molecule has 0 heterocycles. The van der Waals surface area contributed by atoms with E-state index in [1.807, 2.05) is 0 Å². The Morgan fingerprint density at radius 2 is 1.81 bits per heavy atom. The van der Waals surface area contributed by atoms with Crippen molar-refractivity contribution in [2.24, 2.45) is 5.92 Å². The summed E-state index contributed by atoms with van der Waals surface area (Å²) in [6.45, 7) is 11.4. The molecule has 0 aliphatic heterocycles.